The number of hydrogen-bond acceptors (Lipinski definition) is 2. The van der Waals surface area contributed by atoms with E-state index in [4.69, 9.17) is 0 Å². The smallest absolute Gasteiger partial charge is 0.0844 e. The molecule has 72 valence electrons. The van der Waals surface area contributed by atoms with Crippen molar-refractivity contribution in [3.05, 3.63) is 41.9 Å². The predicted octanol–water partition coefficient (Wildman–Crippen LogP) is 2.96. The van der Waals surface area contributed by atoms with Crippen molar-refractivity contribution < 1.29 is 0 Å². The Kier molecular flexibility index (Phi) is 2.73. The van der Waals surface area contributed by atoms with Gasteiger partial charge in [0.15, 0.2) is 0 Å². The van der Waals surface area contributed by atoms with Crippen molar-refractivity contribution in [3.63, 3.8) is 0 Å². The second kappa shape index (κ2) is 4.18. The second-order valence-electron chi connectivity index (χ2n) is 3.51. The molecule has 1 aromatic heterocycles. The van der Waals surface area contributed by atoms with E-state index in [-0.39, 0.29) is 0 Å². The fraction of sp³-hybridized carbons (Fsp3) is 0.333. The number of aromatic nitrogens is 1. The first-order valence-electron chi connectivity index (χ1n) is 5.02. The molecule has 0 amide bonds. The molecule has 1 aliphatic heterocycles. The van der Waals surface area contributed by atoms with E-state index in [1.165, 1.54) is 6.42 Å². The summed E-state index contributed by atoms with van der Waals surface area (Å²) in [7, 11) is 0. The highest BCUT2D eigenvalue weighted by atomic mass is 14.8. The highest BCUT2D eigenvalue weighted by Crippen LogP contribution is 2.14. The number of rotatable bonds is 1. The van der Waals surface area contributed by atoms with Crippen molar-refractivity contribution in [2.75, 3.05) is 0 Å². The minimum absolute atomic E-state index is 1.02. The third-order valence-corrected chi connectivity index (χ3v) is 2.33. The van der Waals surface area contributed by atoms with E-state index in [9.17, 15) is 0 Å². The van der Waals surface area contributed by atoms with Gasteiger partial charge in [-0.1, -0.05) is 12.1 Å². The lowest BCUT2D eigenvalue weighted by Crippen LogP contribution is -2.02. The van der Waals surface area contributed by atoms with Crippen LogP contribution < -0.4 is 0 Å². The van der Waals surface area contributed by atoms with Gasteiger partial charge in [0, 0.05) is 11.9 Å². The maximum Gasteiger partial charge on any atom is 0.0844 e. The SMILES string of the molecule is CC1=CCCCC(c2ccccn2)=N1. The topological polar surface area (TPSA) is 25.2 Å². The van der Waals surface area contributed by atoms with Gasteiger partial charge in [-0.25, -0.2) is 0 Å². The molecule has 2 heterocycles. The second-order valence-corrected chi connectivity index (χ2v) is 3.51. The van der Waals surface area contributed by atoms with Crippen molar-refractivity contribution in [3.8, 4) is 0 Å². The van der Waals surface area contributed by atoms with Gasteiger partial charge in [0.1, 0.15) is 0 Å². The molecule has 0 saturated carbocycles. The molecule has 0 radical (unpaired) electrons. The molecule has 2 heteroatoms. The lowest BCUT2D eigenvalue weighted by molar-refractivity contribution is 0.898. The van der Waals surface area contributed by atoms with Crippen LogP contribution in [0.4, 0.5) is 0 Å². The Balaban J connectivity index is 2.30. The summed E-state index contributed by atoms with van der Waals surface area (Å²) >= 11 is 0. The molecule has 0 aliphatic carbocycles. The molecule has 0 saturated heterocycles. The van der Waals surface area contributed by atoms with Gasteiger partial charge in [-0.2, -0.15) is 0 Å². The first-order chi connectivity index (χ1) is 6.86. The average molecular weight is 186 g/mol. The number of nitrogens with zero attached hydrogens (tertiary/aromatic N) is 2. The van der Waals surface area contributed by atoms with Crippen LogP contribution >= 0.6 is 0 Å². The maximum atomic E-state index is 4.56. The summed E-state index contributed by atoms with van der Waals surface area (Å²) in [5.41, 5.74) is 3.25. The highest BCUT2D eigenvalue weighted by Gasteiger charge is 2.06. The van der Waals surface area contributed by atoms with E-state index >= 15 is 0 Å². The molecule has 1 aromatic rings. The Hall–Kier alpha value is -1.44. The lowest BCUT2D eigenvalue weighted by Gasteiger charge is -2.02. The van der Waals surface area contributed by atoms with Gasteiger partial charge in [-0.15, -0.1) is 0 Å². The highest BCUT2D eigenvalue weighted by molar-refractivity contribution is 5.99. The van der Waals surface area contributed by atoms with Crippen LogP contribution in [0.15, 0.2) is 41.2 Å². The van der Waals surface area contributed by atoms with Crippen molar-refractivity contribution in [1.29, 1.82) is 0 Å². The molecular formula is C12H14N2. The van der Waals surface area contributed by atoms with Crippen molar-refractivity contribution in [2.45, 2.75) is 26.2 Å². The summed E-state index contributed by atoms with van der Waals surface area (Å²) in [6.45, 7) is 2.05. The Morgan fingerprint density at radius 1 is 1.29 bits per heavy atom. The Morgan fingerprint density at radius 2 is 2.21 bits per heavy atom. The van der Waals surface area contributed by atoms with Crippen LogP contribution in [-0.4, -0.2) is 10.7 Å². The fourth-order valence-corrected chi connectivity index (χ4v) is 1.61. The number of hydrogen-bond donors (Lipinski definition) is 0. The van der Waals surface area contributed by atoms with Gasteiger partial charge in [0.25, 0.3) is 0 Å². The van der Waals surface area contributed by atoms with E-state index < -0.39 is 0 Å². The summed E-state index contributed by atoms with van der Waals surface area (Å²) in [5, 5.41) is 0. The van der Waals surface area contributed by atoms with Crippen molar-refractivity contribution in [1.82, 2.24) is 4.98 Å². The largest absolute Gasteiger partial charge is 0.256 e. The molecule has 2 rings (SSSR count). The summed E-state index contributed by atoms with van der Waals surface area (Å²) in [5.74, 6) is 0. The quantitative estimate of drug-likeness (QED) is 0.662. The fourth-order valence-electron chi connectivity index (χ4n) is 1.61. The lowest BCUT2D eigenvalue weighted by atomic mass is 10.1. The van der Waals surface area contributed by atoms with Gasteiger partial charge in [0.05, 0.1) is 11.4 Å². The molecule has 2 nitrogen and oxygen atoms in total. The zero-order valence-corrected chi connectivity index (χ0v) is 8.40. The number of aliphatic imine (C=N–C) groups is 1. The molecule has 1 aliphatic rings. The maximum absolute atomic E-state index is 4.56. The van der Waals surface area contributed by atoms with Gasteiger partial charge >= 0.3 is 0 Å². The Labute approximate surface area is 84.4 Å². The summed E-state index contributed by atoms with van der Waals surface area (Å²) < 4.78 is 0. The minimum Gasteiger partial charge on any atom is -0.256 e. The van der Waals surface area contributed by atoms with Crippen molar-refractivity contribution >= 4 is 5.71 Å². The zero-order valence-electron chi connectivity index (χ0n) is 8.40. The zero-order chi connectivity index (χ0) is 9.80. The normalized spacial score (nSPS) is 16.9. The molecule has 0 atom stereocenters. The van der Waals surface area contributed by atoms with E-state index in [1.807, 2.05) is 31.3 Å². The van der Waals surface area contributed by atoms with Crippen LogP contribution in [0.5, 0.6) is 0 Å². The van der Waals surface area contributed by atoms with E-state index in [1.54, 1.807) is 0 Å². The summed E-state index contributed by atoms with van der Waals surface area (Å²) in [4.78, 5) is 8.88. The molecule has 0 bridgehead atoms. The average Bonchev–Trinajstić information content (AvgIpc) is 2.44. The Morgan fingerprint density at radius 3 is 3.00 bits per heavy atom. The third kappa shape index (κ3) is 2.08. The van der Waals surface area contributed by atoms with Gasteiger partial charge in [-0.05, 0) is 38.3 Å². The predicted molar refractivity (Wildman–Crippen MR) is 58.4 cm³/mol. The van der Waals surface area contributed by atoms with Gasteiger partial charge in [-0.3, -0.25) is 9.98 Å². The van der Waals surface area contributed by atoms with E-state index in [0.717, 1.165) is 29.9 Å². The van der Waals surface area contributed by atoms with Crippen LogP contribution in [0.3, 0.4) is 0 Å². The number of allylic oxidation sites excluding steroid dienone is 2. The molecule has 0 spiro atoms. The van der Waals surface area contributed by atoms with Crippen molar-refractivity contribution in [2.24, 2.45) is 4.99 Å². The first-order valence-corrected chi connectivity index (χ1v) is 5.02. The minimum atomic E-state index is 1.02. The first kappa shape index (κ1) is 9.13. The summed E-state index contributed by atoms with van der Waals surface area (Å²) in [6.07, 6.45) is 7.35. The van der Waals surface area contributed by atoms with Gasteiger partial charge < -0.3 is 0 Å². The van der Waals surface area contributed by atoms with Crippen LogP contribution in [0, 0.1) is 0 Å². The summed E-state index contributed by atoms with van der Waals surface area (Å²) in [6, 6.07) is 5.97. The number of pyridine rings is 1. The molecular weight excluding hydrogens is 172 g/mol. The van der Waals surface area contributed by atoms with Crippen LogP contribution in [0.1, 0.15) is 31.9 Å². The molecule has 0 unspecified atom stereocenters. The monoisotopic (exact) mass is 186 g/mol. The molecule has 0 N–H and O–H groups in total. The van der Waals surface area contributed by atoms with Crippen LogP contribution in [0.25, 0.3) is 0 Å². The Bertz CT molecular complexity index is 363. The molecule has 0 fully saturated rings. The van der Waals surface area contributed by atoms with Crippen LogP contribution in [-0.2, 0) is 0 Å². The standard InChI is InChI=1S/C12H14N2/c1-10-6-2-3-8-12(14-10)11-7-4-5-9-13-11/h4-7,9H,2-3,8H2,1H3. The molecule has 0 aromatic carbocycles. The van der Waals surface area contributed by atoms with Crippen LogP contribution in [0.2, 0.25) is 0 Å². The van der Waals surface area contributed by atoms with Gasteiger partial charge in [0.2, 0.25) is 0 Å². The van der Waals surface area contributed by atoms with E-state index in [2.05, 4.69) is 16.1 Å². The van der Waals surface area contributed by atoms with E-state index in [0.29, 0.717) is 0 Å². The molecule has 14 heavy (non-hydrogen) atoms. The third-order valence-electron chi connectivity index (χ3n) is 2.33.